The van der Waals surface area contributed by atoms with Crippen LogP contribution >= 0.6 is 0 Å². The average molecular weight is 842 g/mol. The van der Waals surface area contributed by atoms with Gasteiger partial charge in [0.05, 0.1) is 12.6 Å². The van der Waals surface area contributed by atoms with Crippen LogP contribution in [0.15, 0.2) is 35.9 Å². The van der Waals surface area contributed by atoms with Gasteiger partial charge in [-0.05, 0) is 63.9 Å². The van der Waals surface area contributed by atoms with Crippen molar-refractivity contribution < 1.29 is 48.1 Å². The number of esters is 2. The van der Waals surface area contributed by atoms with E-state index in [1.807, 2.05) is 65.8 Å². The van der Waals surface area contributed by atoms with E-state index in [-0.39, 0.29) is 42.6 Å². The number of benzene rings is 1. The Morgan fingerprint density at radius 2 is 1.37 bits per heavy atom. The van der Waals surface area contributed by atoms with Crippen molar-refractivity contribution in [2.24, 2.45) is 23.7 Å². The molecule has 4 N–H and O–H groups in total. The summed E-state index contributed by atoms with van der Waals surface area (Å²) in [5, 5.41) is 19.3. The molecule has 1 heterocycles. The Kier molecular flexibility index (Phi) is 20.4. The molecule has 0 fully saturated rings. The van der Waals surface area contributed by atoms with Crippen LogP contribution in [0.3, 0.4) is 0 Å². The summed E-state index contributed by atoms with van der Waals surface area (Å²) in [6.07, 6.45) is -0.197. The Hall–Kier alpha value is -4.79. The standard InChI is InChI=1S/C45H71N5O10/c1-14-27(6)38-41(54)47-32(11)45(58)60-39(28(7)15-2)30(9)35(51)21-18-29(8)44(57)59-36(22-25(3)4)40(53)46-31(10)42(55)50(13)34(23-33-19-16-26(5)17-20-33)43(56)49(12)24-37(52)48-38/h16-20,25,27-28,30-32,34-36,38-39,51H,14-15,21-24H2,1-13H3,(H,46,53)(H,47,54)(H,48,52)/b29-18+/t27?,28-,30-,31-,32+,34+,35-,36+,38-,39+/m0/s1. The van der Waals surface area contributed by atoms with Gasteiger partial charge in [0.15, 0.2) is 6.10 Å². The minimum atomic E-state index is -1.26. The van der Waals surface area contributed by atoms with E-state index in [1.54, 1.807) is 13.8 Å². The highest BCUT2D eigenvalue weighted by molar-refractivity contribution is 5.96. The molecule has 0 saturated carbocycles. The Balaban J connectivity index is 2.62. The molecule has 0 aromatic heterocycles. The number of hydrogen-bond acceptors (Lipinski definition) is 10. The second-order valence-electron chi connectivity index (χ2n) is 17.1. The number of ether oxygens (including phenoxy) is 2. The van der Waals surface area contributed by atoms with Crippen LogP contribution < -0.4 is 16.0 Å². The van der Waals surface area contributed by atoms with Gasteiger partial charge in [0.1, 0.15) is 30.3 Å². The molecule has 0 radical (unpaired) electrons. The first kappa shape index (κ1) is 51.4. The fourth-order valence-corrected chi connectivity index (χ4v) is 6.88. The summed E-state index contributed by atoms with van der Waals surface area (Å²) in [5.41, 5.74) is 1.89. The van der Waals surface area contributed by atoms with Crippen molar-refractivity contribution in [3.63, 3.8) is 0 Å². The highest BCUT2D eigenvalue weighted by Gasteiger charge is 2.37. The van der Waals surface area contributed by atoms with Crippen LogP contribution in [-0.4, -0.2) is 120 Å². The van der Waals surface area contributed by atoms with E-state index in [0.717, 1.165) is 11.1 Å². The zero-order valence-electron chi connectivity index (χ0n) is 38.0. The van der Waals surface area contributed by atoms with Crippen molar-refractivity contribution in [3.8, 4) is 0 Å². The zero-order chi connectivity index (χ0) is 45.6. The number of carbonyl (C=O) groups is 7. The van der Waals surface area contributed by atoms with Crippen molar-refractivity contribution in [2.45, 2.75) is 151 Å². The topological polar surface area (TPSA) is 201 Å². The number of aliphatic hydroxyl groups excluding tert-OH is 1. The lowest BCUT2D eigenvalue weighted by Gasteiger charge is -2.33. The quantitative estimate of drug-likeness (QED) is 0.280. The maximum atomic E-state index is 14.2. The number of rotatable bonds is 8. The van der Waals surface area contributed by atoms with Crippen molar-refractivity contribution in [1.82, 2.24) is 25.8 Å². The smallest absolute Gasteiger partial charge is 0.334 e. The van der Waals surface area contributed by atoms with E-state index >= 15 is 0 Å². The summed E-state index contributed by atoms with van der Waals surface area (Å²) < 4.78 is 11.6. The minimum Gasteiger partial charge on any atom is -0.460 e. The molecule has 15 heteroatoms. The van der Waals surface area contributed by atoms with E-state index in [4.69, 9.17) is 9.47 Å². The first-order valence-electron chi connectivity index (χ1n) is 21.3. The zero-order valence-corrected chi connectivity index (χ0v) is 38.0. The third-order valence-corrected chi connectivity index (χ3v) is 11.5. The van der Waals surface area contributed by atoms with Crippen molar-refractivity contribution in [1.29, 1.82) is 0 Å². The van der Waals surface area contributed by atoms with E-state index in [2.05, 4.69) is 16.0 Å². The van der Waals surface area contributed by atoms with Crippen LogP contribution in [-0.2, 0) is 49.5 Å². The summed E-state index contributed by atoms with van der Waals surface area (Å²) in [6.45, 7) is 18.8. The number of nitrogens with one attached hydrogen (secondary N) is 3. The van der Waals surface area contributed by atoms with E-state index in [9.17, 15) is 38.7 Å². The number of nitrogens with zero attached hydrogens (tertiary/aromatic N) is 2. The summed E-state index contributed by atoms with van der Waals surface area (Å²) in [6, 6.07) is 3.01. The summed E-state index contributed by atoms with van der Waals surface area (Å²) in [5.74, 6) is -5.84. The molecule has 0 spiro atoms. The molecule has 0 aliphatic carbocycles. The van der Waals surface area contributed by atoms with Gasteiger partial charge >= 0.3 is 11.9 Å². The van der Waals surface area contributed by atoms with Crippen LogP contribution in [0.1, 0.15) is 106 Å². The Morgan fingerprint density at radius 1 is 0.783 bits per heavy atom. The van der Waals surface area contributed by atoms with Gasteiger partial charge in [0.25, 0.3) is 5.91 Å². The average Bonchev–Trinajstić information content (AvgIpc) is 3.20. The molecular weight excluding hydrogens is 771 g/mol. The summed E-state index contributed by atoms with van der Waals surface area (Å²) in [4.78, 5) is 98.3. The fraction of sp³-hybridized carbons (Fsp3) is 0.667. The van der Waals surface area contributed by atoms with E-state index in [0.29, 0.717) is 12.8 Å². The molecule has 1 aliphatic rings. The van der Waals surface area contributed by atoms with Gasteiger partial charge in [-0.15, -0.1) is 0 Å². The summed E-state index contributed by atoms with van der Waals surface area (Å²) >= 11 is 0. The predicted molar refractivity (Wildman–Crippen MR) is 228 cm³/mol. The summed E-state index contributed by atoms with van der Waals surface area (Å²) in [7, 11) is 2.87. The number of aliphatic hydroxyl groups is 1. The number of amides is 5. The van der Waals surface area contributed by atoms with Crippen LogP contribution in [0.4, 0.5) is 0 Å². The van der Waals surface area contributed by atoms with Gasteiger partial charge in [-0.3, -0.25) is 24.0 Å². The minimum absolute atomic E-state index is 0.00569. The maximum absolute atomic E-state index is 14.2. The number of aryl methyl sites for hydroxylation is 1. The van der Waals surface area contributed by atoms with Crippen molar-refractivity contribution >= 4 is 41.5 Å². The van der Waals surface area contributed by atoms with Crippen molar-refractivity contribution in [3.05, 3.63) is 47.0 Å². The number of carbonyl (C=O) groups excluding carboxylic acids is 7. The number of cyclic esters (lactones) is 2. The molecule has 10 atom stereocenters. The molecule has 5 amide bonds. The lowest BCUT2D eigenvalue weighted by molar-refractivity contribution is -0.161. The first-order chi connectivity index (χ1) is 28.0. The third kappa shape index (κ3) is 15.0. The molecule has 0 bridgehead atoms. The lowest BCUT2D eigenvalue weighted by Crippen LogP contribution is -2.57. The van der Waals surface area contributed by atoms with Crippen LogP contribution in [0, 0.1) is 30.6 Å². The van der Waals surface area contributed by atoms with Gasteiger partial charge in [-0.1, -0.05) is 97.2 Å². The van der Waals surface area contributed by atoms with Crippen LogP contribution in [0.2, 0.25) is 0 Å². The Labute approximate surface area is 356 Å². The largest absolute Gasteiger partial charge is 0.460 e. The van der Waals surface area contributed by atoms with E-state index in [1.165, 1.54) is 50.7 Å². The Morgan fingerprint density at radius 3 is 1.93 bits per heavy atom. The highest BCUT2D eigenvalue weighted by Crippen LogP contribution is 2.26. The molecule has 1 aliphatic heterocycles. The van der Waals surface area contributed by atoms with Gasteiger partial charge < -0.3 is 40.3 Å². The van der Waals surface area contributed by atoms with Gasteiger partial charge in [-0.2, -0.15) is 0 Å². The van der Waals surface area contributed by atoms with Gasteiger partial charge in [0, 0.05) is 32.0 Å². The molecule has 60 heavy (non-hydrogen) atoms. The van der Waals surface area contributed by atoms with Crippen molar-refractivity contribution in [2.75, 3.05) is 20.6 Å². The lowest BCUT2D eigenvalue weighted by atomic mass is 9.86. The number of hydrogen-bond donors (Lipinski definition) is 4. The first-order valence-corrected chi connectivity index (χ1v) is 21.3. The third-order valence-electron chi connectivity index (χ3n) is 11.5. The maximum Gasteiger partial charge on any atom is 0.334 e. The fourth-order valence-electron chi connectivity index (χ4n) is 6.88. The van der Waals surface area contributed by atoms with Crippen LogP contribution in [0.5, 0.6) is 0 Å². The molecule has 336 valence electrons. The van der Waals surface area contributed by atoms with Gasteiger partial charge in [-0.25, -0.2) is 9.59 Å². The highest BCUT2D eigenvalue weighted by atomic mass is 16.6. The second-order valence-corrected chi connectivity index (χ2v) is 17.1. The normalized spacial score (nSPS) is 28.8. The SMILES string of the molecule is CCC(C)[C@@H]1NC(=O)CN(C)C(=O)[C@@H](Cc2ccc(C)cc2)N(C)C(=O)[C@H](C)NC(=O)[C@@H](CC(C)C)OC(=O)/C(C)=C/C[C@H](O)[C@H](C)[C@@H]([C@@H](C)CC)OC(=O)[C@@H](C)NC1=O. The van der Waals surface area contributed by atoms with E-state index < -0.39 is 96.4 Å². The molecular formula is C45H71N5O10. The molecule has 1 aromatic rings. The van der Waals surface area contributed by atoms with Crippen LogP contribution in [0.25, 0.3) is 0 Å². The van der Waals surface area contributed by atoms with Gasteiger partial charge in [0.2, 0.25) is 23.6 Å². The predicted octanol–water partition coefficient (Wildman–Crippen LogP) is 3.63. The molecule has 2 rings (SSSR count). The second kappa shape index (κ2) is 23.9. The molecule has 0 saturated heterocycles. The molecule has 15 nitrogen and oxygen atoms in total. The number of likely N-dealkylation sites (N-methyl/N-ethyl adjacent to an activating group) is 2. The monoisotopic (exact) mass is 842 g/mol. The Bertz CT molecular complexity index is 1680. The molecule has 1 aromatic carbocycles. The molecule has 1 unspecified atom stereocenters.